The molecule has 0 unspecified atom stereocenters. The van der Waals surface area contributed by atoms with Crippen molar-refractivity contribution in [1.29, 1.82) is 0 Å². The smallest absolute Gasteiger partial charge is 0.265 e. The third kappa shape index (κ3) is 4.96. The number of benzene rings is 3. The molecule has 0 fully saturated rings. The normalized spacial score (nSPS) is 11.3. The summed E-state index contributed by atoms with van der Waals surface area (Å²) in [5.41, 5.74) is 2.03. The highest BCUT2D eigenvalue weighted by molar-refractivity contribution is 7.92. The average Bonchev–Trinajstić information content (AvgIpc) is 3.28. The highest BCUT2D eigenvalue weighted by Crippen LogP contribution is 2.34. The van der Waals surface area contributed by atoms with Crippen LogP contribution in [0.4, 0.5) is 11.4 Å². The Morgan fingerprint density at radius 1 is 0.971 bits per heavy atom. The maximum atomic E-state index is 13.3. The van der Waals surface area contributed by atoms with Crippen molar-refractivity contribution in [3.63, 3.8) is 0 Å². The summed E-state index contributed by atoms with van der Waals surface area (Å²) in [4.78, 5) is 13.7. The molecule has 9 heteroatoms. The molecule has 182 valence electrons. The first-order chi connectivity index (χ1) is 16.8. The zero-order chi connectivity index (χ0) is 25.2. The minimum atomic E-state index is -3.72. The van der Waals surface area contributed by atoms with Gasteiger partial charge in [-0.2, -0.15) is 0 Å². The minimum Gasteiger partial charge on any atom is -0.497 e. The van der Waals surface area contributed by atoms with E-state index in [9.17, 15) is 13.2 Å². The Morgan fingerprint density at radius 3 is 2.37 bits per heavy atom. The summed E-state index contributed by atoms with van der Waals surface area (Å²) >= 11 is 1.33. The molecule has 1 heterocycles. The van der Waals surface area contributed by atoms with E-state index in [2.05, 4.69) is 5.32 Å². The summed E-state index contributed by atoms with van der Waals surface area (Å²) < 4.78 is 39.4. The van der Waals surface area contributed by atoms with Crippen molar-refractivity contribution in [2.24, 2.45) is 0 Å². The van der Waals surface area contributed by atoms with Crippen molar-refractivity contribution in [2.75, 3.05) is 30.4 Å². The fourth-order valence-corrected chi connectivity index (χ4v) is 6.13. The van der Waals surface area contributed by atoms with E-state index in [-0.39, 0.29) is 17.3 Å². The largest absolute Gasteiger partial charge is 0.497 e. The molecule has 35 heavy (non-hydrogen) atoms. The molecule has 7 nitrogen and oxygen atoms in total. The van der Waals surface area contributed by atoms with Crippen LogP contribution in [-0.4, -0.2) is 35.1 Å². The van der Waals surface area contributed by atoms with Gasteiger partial charge in [0.05, 0.1) is 35.4 Å². The summed E-state index contributed by atoms with van der Waals surface area (Å²) in [5, 5.41) is 3.66. The van der Waals surface area contributed by atoms with Crippen LogP contribution in [0.5, 0.6) is 11.5 Å². The van der Waals surface area contributed by atoms with Gasteiger partial charge in [-0.25, -0.2) is 8.42 Å². The number of carbonyl (C=O) groups excluding carboxylic acids is 1. The molecule has 0 radical (unpaired) electrons. The molecule has 0 atom stereocenters. The van der Waals surface area contributed by atoms with Gasteiger partial charge in [0.15, 0.2) is 0 Å². The van der Waals surface area contributed by atoms with E-state index in [4.69, 9.17) is 9.47 Å². The van der Waals surface area contributed by atoms with E-state index < -0.39 is 10.0 Å². The Morgan fingerprint density at radius 2 is 1.71 bits per heavy atom. The fraction of sp³-hybridized carbons (Fsp3) is 0.192. The number of nitrogens with one attached hydrogen (secondary N) is 1. The van der Waals surface area contributed by atoms with Crippen molar-refractivity contribution in [1.82, 2.24) is 0 Å². The van der Waals surface area contributed by atoms with Gasteiger partial charge in [-0.3, -0.25) is 9.10 Å². The summed E-state index contributed by atoms with van der Waals surface area (Å²) in [6, 6.07) is 19.1. The Bertz CT molecular complexity index is 1480. The second-order valence-electron chi connectivity index (χ2n) is 7.84. The monoisotopic (exact) mass is 510 g/mol. The third-order valence-corrected chi connectivity index (χ3v) is 8.59. The van der Waals surface area contributed by atoms with Gasteiger partial charge >= 0.3 is 0 Å². The highest BCUT2D eigenvalue weighted by atomic mass is 32.2. The van der Waals surface area contributed by atoms with Crippen LogP contribution in [-0.2, 0) is 10.0 Å². The summed E-state index contributed by atoms with van der Waals surface area (Å²) in [6.45, 7) is 3.98. The Hall–Kier alpha value is -3.56. The van der Waals surface area contributed by atoms with Crippen LogP contribution in [0.1, 0.15) is 22.2 Å². The molecular formula is C26H26N2O5S2. The number of thiophene rings is 1. The van der Waals surface area contributed by atoms with Gasteiger partial charge in [-0.05, 0) is 67.8 Å². The number of rotatable bonds is 8. The molecule has 4 rings (SSSR count). The highest BCUT2D eigenvalue weighted by Gasteiger charge is 2.24. The van der Waals surface area contributed by atoms with E-state index >= 15 is 0 Å². The van der Waals surface area contributed by atoms with Crippen molar-refractivity contribution in [2.45, 2.75) is 18.7 Å². The second-order valence-corrected chi connectivity index (χ2v) is 10.8. The molecule has 1 aromatic heterocycles. The van der Waals surface area contributed by atoms with E-state index in [1.165, 1.54) is 22.8 Å². The molecule has 0 aliphatic heterocycles. The lowest BCUT2D eigenvalue weighted by Crippen LogP contribution is -2.30. The lowest BCUT2D eigenvalue weighted by Gasteiger charge is -2.23. The molecule has 0 spiro atoms. The first-order valence-electron chi connectivity index (χ1n) is 10.9. The molecule has 3 aromatic carbocycles. The van der Waals surface area contributed by atoms with Gasteiger partial charge in [-0.1, -0.05) is 17.7 Å². The number of fused-ring (bicyclic) bond motifs is 1. The summed E-state index contributed by atoms with van der Waals surface area (Å²) in [5.74, 6) is 0.818. The summed E-state index contributed by atoms with van der Waals surface area (Å²) in [6.07, 6.45) is 0. The Balaban J connectivity index is 1.64. The molecule has 1 amide bonds. The van der Waals surface area contributed by atoms with Crippen molar-refractivity contribution in [3.8, 4) is 11.5 Å². The van der Waals surface area contributed by atoms with Gasteiger partial charge < -0.3 is 14.8 Å². The quantitative estimate of drug-likeness (QED) is 0.329. The van der Waals surface area contributed by atoms with Gasteiger partial charge in [-0.15, -0.1) is 11.3 Å². The number of nitrogens with zero attached hydrogens (tertiary/aromatic N) is 1. The molecule has 0 aliphatic rings. The fourth-order valence-electron chi connectivity index (χ4n) is 3.72. The van der Waals surface area contributed by atoms with E-state index in [0.29, 0.717) is 27.8 Å². The van der Waals surface area contributed by atoms with Crippen LogP contribution in [0.25, 0.3) is 10.1 Å². The second kappa shape index (κ2) is 9.97. The predicted molar refractivity (Wildman–Crippen MR) is 141 cm³/mol. The first-order valence-corrected chi connectivity index (χ1v) is 13.2. The number of aryl methyl sites for hydroxylation is 1. The molecule has 0 saturated heterocycles. The zero-order valence-electron chi connectivity index (χ0n) is 19.9. The number of amides is 1. The van der Waals surface area contributed by atoms with E-state index in [1.807, 2.05) is 13.0 Å². The van der Waals surface area contributed by atoms with Crippen molar-refractivity contribution in [3.05, 3.63) is 77.2 Å². The number of sulfonamides is 1. The Labute approximate surface area is 209 Å². The van der Waals surface area contributed by atoms with Crippen LogP contribution in [0, 0.1) is 6.92 Å². The Kier molecular flexibility index (Phi) is 7.00. The van der Waals surface area contributed by atoms with Crippen molar-refractivity contribution >= 4 is 48.7 Å². The van der Waals surface area contributed by atoms with Gasteiger partial charge in [0.2, 0.25) is 0 Å². The van der Waals surface area contributed by atoms with E-state index in [0.717, 1.165) is 15.6 Å². The molecule has 4 aromatic rings. The van der Waals surface area contributed by atoms with Crippen LogP contribution in [0.15, 0.2) is 71.6 Å². The maximum Gasteiger partial charge on any atom is 0.265 e. The lowest BCUT2D eigenvalue weighted by molar-refractivity contribution is 0.103. The molecule has 0 bridgehead atoms. The number of anilines is 2. The number of methoxy groups -OCH3 is 2. The number of hydrogen-bond acceptors (Lipinski definition) is 6. The SMILES string of the molecule is CCN(c1ccc2sc(C(=O)Nc3cc(OC)ccc3OC)cc2c1)S(=O)(=O)c1ccc(C)cc1. The topological polar surface area (TPSA) is 84.9 Å². The third-order valence-electron chi connectivity index (χ3n) is 5.56. The molecular weight excluding hydrogens is 484 g/mol. The van der Waals surface area contributed by atoms with E-state index in [1.54, 1.807) is 74.7 Å². The van der Waals surface area contributed by atoms with Gasteiger partial charge in [0, 0.05) is 17.3 Å². The molecule has 0 saturated carbocycles. The molecule has 0 aliphatic carbocycles. The zero-order valence-corrected chi connectivity index (χ0v) is 21.5. The van der Waals surface area contributed by atoms with Crippen LogP contribution >= 0.6 is 11.3 Å². The lowest BCUT2D eigenvalue weighted by atomic mass is 10.2. The number of ether oxygens (including phenoxy) is 2. The number of carbonyl (C=O) groups is 1. The van der Waals surface area contributed by atoms with Gasteiger partial charge in [0.25, 0.3) is 15.9 Å². The summed E-state index contributed by atoms with van der Waals surface area (Å²) in [7, 11) is -0.641. The predicted octanol–water partition coefficient (Wildman–Crippen LogP) is 5.69. The van der Waals surface area contributed by atoms with Crippen LogP contribution < -0.4 is 19.1 Å². The van der Waals surface area contributed by atoms with Crippen molar-refractivity contribution < 1.29 is 22.7 Å². The van der Waals surface area contributed by atoms with Crippen LogP contribution in [0.3, 0.4) is 0 Å². The minimum absolute atomic E-state index is 0.239. The maximum absolute atomic E-state index is 13.3. The van der Waals surface area contributed by atoms with Gasteiger partial charge in [0.1, 0.15) is 11.5 Å². The average molecular weight is 511 g/mol. The number of hydrogen-bond donors (Lipinski definition) is 1. The first kappa shape index (κ1) is 24.6. The van der Waals surface area contributed by atoms with Crippen LogP contribution in [0.2, 0.25) is 0 Å². The molecule has 1 N–H and O–H groups in total. The standard InChI is InChI=1S/C26H26N2O5S2/c1-5-28(35(30,31)21-10-6-17(2)7-11-21)19-8-13-24-18(14-19)15-25(34-24)26(29)27-22-16-20(32-3)9-12-23(22)33-4/h6-16H,5H2,1-4H3,(H,27,29).